The molecule has 0 fully saturated rings. The van der Waals surface area contributed by atoms with E-state index in [9.17, 15) is 13.2 Å². The molecule has 6 nitrogen and oxygen atoms in total. The largest absolute Gasteiger partial charge is 0.497 e. The topological polar surface area (TPSA) is 48.1 Å². The van der Waals surface area contributed by atoms with E-state index in [1.165, 1.54) is 11.8 Å². The van der Waals surface area contributed by atoms with Crippen molar-refractivity contribution in [1.82, 2.24) is 19.3 Å². The summed E-state index contributed by atoms with van der Waals surface area (Å²) < 4.78 is 50.0. The molecule has 0 saturated carbocycles. The Bertz CT molecular complexity index is 1350. The van der Waals surface area contributed by atoms with Crippen molar-refractivity contribution in [3.05, 3.63) is 90.3 Å². The summed E-state index contributed by atoms with van der Waals surface area (Å²) >= 11 is 0. The maximum atomic E-state index is 13.8. The molecular formula is C25H22F3N5O. The van der Waals surface area contributed by atoms with Crippen LogP contribution in [0.15, 0.2) is 67.5 Å². The van der Waals surface area contributed by atoms with E-state index in [4.69, 9.17) is 4.74 Å². The lowest BCUT2D eigenvalue weighted by molar-refractivity contribution is -0.141. The number of nitrogens with zero attached hydrogens (tertiary/aromatic N) is 5. The zero-order valence-electron chi connectivity index (χ0n) is 18.7. The summed E-state index contributed by atoms with van der Waals surface area (Å²) in [5.41, 5.74) is 2.41. The Labute approximate surface area is 194 Å². The van der Waals surface area contributed by atoms with Crippen molar-refractivity contribution in [3.63, 3.8) is 0 Å². The highest BCUT2D eigenvalue weighted by Crippen LogP contribution is 2.40. The normalized spacial score (nSPS) is 13.8. The third kappa shape index (κ3) is 3.63. The Morgan fingerprint density at radius 1 is 0.971 bits per heavy atom. The van der Waals surface area contributed by atoms with Gasteiger partial charge in [-0.2, -0.15) is 18.3 Å². The number of methoxy groups -OCH3 is 1. The van der Waals surface area contributed by atoms with Crippen LogP contribution in [0.2, 0.25) is 0 Å². The minimum absolute atomic E-state index is 0.162. The quantitative estimate of drug-likeness (QED) is 0.404. The van der Waals surface area contributed by atoms with Gasteiger partial charge in [-0.05, 0) is 61.9 Å². The SMILES string of the molecule is C=C1c2c(c(C(F)(F)F)nn2-c2ccc(OC)cc2)CCN1c1ccc(-n2ccnc2C)cc1. The Morgan fingerprint density at radius 2 is 1.62 bits per heavy atom. The van der Waals surface area contributed by atoms with E-state index in [-0.39, 0.29) is 12.0 Å². The highest BCUT2D eigenvalue weighted by molar-refractivity contribution is 5.81. The maximum absolute atomic E-state index is 13.8. The molecule has 3 heterocycles. The first-order chi connectivity index (χ1) is 16.3. The monoisotopic (exact) mass is 465 g/mol. The Hall–Kier alpha value is -4.01. The Morgan fingerprint density at radius 3 is 2.21 bits per heavy atom. The first-order valence-corrected chi connectivity index (χ1v) is 10.7. The fourth-order valence-electron chi connectivity index (χ4n) is 4.34. The van der Waals surface area contributed by atoms with Gasteiger partial charge in [0.2, 0.25) is 0 Å². The molecular weight excluding hydrogens is 443 g/mol. The molecule has 1 aliphatic heterocycles. The van der Waals surface area contributed by atoms with Crippen LogP contribution in [0.3, 0.4) is 0 Å². The van der Waals surface area contributed by atoms with Crippen molar-refractivity contribution in [2.45, 2.75) is 19.5 Å². The van der Waals surface area contributed by atoms with Gasteiger partial charge < -0.3 is 14.2 Å². The number of hydrogen-bond donors (Lipinski definition) is 0. The zero-order chi connectivity index (χ0) is 24.0. The average Bonchev–Trinajstić information content (AvgIpc) is 3.44. The summed E-state index contributed by atoms with van der Waals surface area (Å²) in [5.74, 6) is 1.47. The van der Waals surface area contributed by atoms with E-state index in [0.29, 0.717) is 29.4 Å². The van der Waals surface area contributed by atoms with Crippen LogP contribution in [0.5, 0.6) is 5.75 Å². The Kier molecular flexibility index (Phi) is 5.19. The molecule has 1 aliphatic rings. The van der Waals surface area contributed by atoms with Gasteiger partial charge in [-0.25, -0.2) is 9.67 Å². The summed E-state index contributed by atoms with van der Waals surface area (Å²) in [5, 5.41) is 3.98. The number of aryl methyl sites for hydroxylation is 1. The minimum atomic E-state index is -4.56. The molecule has 0 atom stereocenters. The fraction of sp³-hybridized carbons (Fsp3) is 0.200. The maximum Gasteiger partial charge on any atom is 0.435 e. The predicted molar refractivity (Wildman–Crippen MR) is 124 cm³/mol. The van der Waals surface area contributed by atoms with E-state index < -0.39 is 11.9 Å². The van der Waals surface area contributed by atoms with Crippen LogP contribution in [0.4, 0.5) is 18.9 Å². The second-order valence-electron chi connectivity index (χ2n) is 7.99. The van der Waals surface area contributed by atoms with Crippen molar-refractivity contribution in [3.8, 4) is 17.1 Å². The first kappa shape index (κ1) is 21.8. The number of hydrogen-bond acceptors (Lipinski definition) is 4. The number of fused-ring (bicyclic) bond motifs is 1. The molecule has 0 bridgehead atoms. The highest BCUT2D eigenvalue weighted by atomic mass is 19.4. The van der Waals surface area contributed by atoms with Gasteiger partial charge in [0.15, 0.2) is 5.69 Å². The molecule has 9 heteroatoms. The van der Waals surface area contributed by atoms with Crippen LogP contribution < -0.4 is 9.64 Å². The number of halogens is 3. The lowest BCUT2D eigenvalue weighted by atomic mass is 10.0. The van der Waals surface area contributed by atoms with Crippen LogP contribution in [0.1, 0.15) is 22.8 Å². The van der Waals surface area contributed by atoms with Crippen molar-refractivity contribution >= 4 is 11.4 Å². The predicted octanol–water partition coefficient (Wildman–Crippen LogP) is 5.43. The molecule has 0 unspecified atom stereocenters. The molecule has 34 heavy (non-hydrogen) atoms. The standard InChI is InChI=1S/C25H22F3N5O/c1-16-23-22(24(25(26,27)28)30-33(23)20-8-10-21(34-3)11-9-20)12-14-31(16)18-4-6-19(7-5-18)32-15-13-29-17(32)2/h4-11,13,15H,1,12,14H2,2-3H3. The van der Waals surface area contributed by atoms with Crippen molar-refractivity contribution in [1.29, 1.82) is 0 Å². The number of alkyl halides is 3. The van der Waals surface area contributed by atoms with Gasteiger partial charge in [-0.15, -0.1) is 0 Å². The molecule has 0 N–H and O–H groups in total. The van der Waals surface area contributed by atoms with Crippen molar-refractivity contribution in [2.24, 2.45) is 0 Å². The summed E-state index contributed by atoms with van der Waals surface area (Å²) in [6.45, 7) is 6.46. The summed E-state index contributed by atoms with van der Waals surface area (Å²) in [7, 11) is 1.53. The molecule has 2 aromatic carbocycles. The van der Waals surface area contributed by atoms with Gasteiger partial charge in [0, 0.05) is 35.9 Å². The second-order valence-corrected chi connectivity index (χ2v) is 7.99. The Balaban J connectivity index is 1.55. The van der Waals surface area contributed by atoms with Crippen LogP contribution in [0, 0.1) is 6.92 Å². The number of rotatable bonds is 4. The van der Waals surface area contributed by atoms with E-state index in [1.807, 2.05) is 46.9 Å². The van der Waals surface area contributed by atoms with E-state index in [1.54, 1.807) is 30.5 Å². The second kappa shape index (κ2) is 8.09. The molecule has 0 aliphatic carbocycles. The molecule has 5 rings (SSSR count). The third-order valence-electron chi connectivity index (χ3n) is 6.02. The van der Waals surface area contributed by atoms with Crippen LogP contribution >= 0.6 is 0 Å². The van der Waals surface area contributed by atoms with E-state index >= 15 is 0 Å². The number of anilines is 1. The number of aromatic nitrogens is 4. The summed E-state index contributed by atoms with van der Waals surface area (Å²) in [4.78, 5) is 6.17. The minimum Gasteiger partial charge on any atom is -0.497 e. The molecule has 0 saturated heterocycles. The van der Waals surface area contributed by atoms with Gasteiger partial charge in [-0.1, -0.05) is 6.58 Å². The fourth-order valence-corrected chi connectivity index (χ4v) is 4.34. The van der Waals surface area contributed by atoms with E-state index in [0.717, 1.165) is 17.2 Å². The lowest BCUT2D eigenvalue weighted by Crippen LogP contribution is -2.30. The molecule has 0 spiro atoms. The van der Waals surface area contributed by atoms with Crippen LogP contribution in [0.25, 0.3) is 17.1 Å². The first-order valence-electron chi connectivity index (χ1n) is 10.7. The molecule has 174 valence electrons. The van der Waals surface area contributed by atoms with E-state index in [2.05, 4.69) is 16.7 Å². The average molecular weight is 465 g/mol. The zero-order valence-corrected chi connectivity index (χ0v) is 18.7. The van der Waals surface area contributed by atoms with Gasteiger partial charge in [0.05, 0.1) is 24.2 Å². The van der Waals surface area contributed by atoms with Gasteiger partial charge in [0.1, 0.15) is 11.6 Å². The lowest BCUT2D eigenvalue weighted by Gasteiger charge is -2.32. The molecule has 2 aromatic heterocycles. The van der Waals surface area contributed by atoms with Crippen LogP contribution in [-0.4, -0.2) is 33.0 Å². The van der Waals surface area contributed by atoms with Crippen molar-refractivity contribution in [2.75, 3.05) is 18.6 Å². The summed E-state index contributed by atoms with van der Waals surface area (Å²) in [6.07, 6.45) is -0.755. The van der Waals surface area contributed by atoms with Gasteiger partial charge in [0.25, 0.3) is 0 Å². The highest BCUT2D eigenvalue weighted by Gasteiger charge is 2.41. The molecule has 0 radical (unpaired) electrons. The summed E-state index contributed by atoms with van der Waals surface area (Å²) in [6, 6.07) is 14.5. The smallest absolute Gasteiger partial charge is 0.435 e. The molecule has 0 amide bonds. The van der Waals surface area contributed by atoms with Crippen molar-refractivity contribution < 1.29 is 17.9 Å². The third-order valence-corrected chi connectivity index (χ3v) is 6.02. The van der Waals surface area contributed by atoms with Gasteiger partial charge >= 0.3 is 6.18 Å². The van der Waals surface area contributed by atoms with Crippen LogP contribution in [-0.2, 0) is 12.6 Å². The van der Waals surface area contributed by atoms with Gasteiger partial charge in [-0.3, -0.25) is 0 Å². The molecule has 4 aromatic rings. The number of imidazole rings is 1. The number of benzene rings is 2. The number of ether oxygens (including phenoxy) is 1.